The van der Waals surface area contributed by atoms with E-state index in [2.05, 4.69) is 46.2 Å². The van der Waals surface area contributed by atoms with Crippen LogP contribution in [0.1, 0.15) is 25.3 Å². The number of hydrogen-bond acceptors (Lipinski definition) is 2. The number of nitrogens with one attached hydrogen (secondary N) is 2. The third kappa shape index (κ3) is 2.69. The number of benzene rings is 1. The minimum Gasteiger partial charge on any atom is -0.325 e. The predicted molar refractivity (Wildman–Crippen MR) is 82.7 cm³/mol. The quantitative estimate of drug-likeness (QED) is 0.816. The molecule has 1 aromatic carbocycles. The standard InChI is InChI=1S/C14H19IN2O/c1-3-14(6-7-16-9-14)13(18)17-12-5-4-11(15)8-10(12)2/h4-5,8,16H,3,6-7,9H2,1-2H3,(H,17,18). The number of hydrogen-bond donors (Lipinski definition) is 2. The maximum absolute atomic E-state index is 12.5. The number of carbonyl (C=O) groups is 1. The van der Waals surface area contributed by atoms with E-state index >= 15 is 0 Å². The molecule has 0 aromatic heterocycles. The maximum atomic E-state index is 12.5. The summed E-state index contributed by atoms with van der Waals surface area (Å²) in [5.41, 5.74) is 1.82. The number of anilines is 1. The molecule has 1 atom stereocenters. The summed E-state index contributed by atoms with van der Waals surface area (Å²) in [4.78, 5) is 12.5. The summed E-state index contributed by atoms with van der Waals surface area (Å²) < 4.78 is 1.19. The van der Waals surface area contributed by atoms with Crippen LogP contribution in [-0.4, -0.2) is 19.0 Å². The molecule has 0 spiro atoms. The summed E-state index contributed by atoms with van der Waals surface area (Å²) >= 11 is 2.28. The van der Waals surface area contributed by atoms with Gasteiger partial charge in [0.15, 0.2) is 0 Å². The van der Waals surface area contributed by atoms with Crippen molar-refractivity contribution in [3.63, 3.8) is 0 Å². The first-order valence-electron chi connectivity index (χ1n) is 6.36. The lowest BCUT2D eigenvalue weighted by Crippen LogP contribution is -2.37. The maximum Gasteiger partial charge on any atom is 0.231 e. The number of halogens is 1. The highest BCUT2D eigenvalue weighted by molar-refractivity contribution is 14.1. The van der Waals surface area contributed by atoms with Gasteiger partial charge in [-0.1, -0.05) is 6.92 Å². The van der Waals surface area contributed by atoms with Gasteiger partial charge in [0.05, 0.1) is 5.41 Å². The van der Waals surface area contributed by atoms with Crippen molar-refractivity contribution in [2.24, 2.45) is 5.41 Å². The minimum absolute atomic E-state index is 0.152. The van der Waals surface area contributed by atoms with E-state index in [1.807, 2.05) is 19.1 Å². The van der Waals surface area contributed by atoms with Gasteiger partial charge in [0.25, 0.3) is 0 Å². The normalized spacial score (nSPS) is 23.1. The Hall–Kier alpha value is -0.620. The van der Waals surface area contributed by atoms with Crippen LogP contribution in [-0.2, 0) is 4.79 Å². The largest absolute Gasteiger partial charge is 0.325 e. The van der Waals surface area contributed by atoms with E-state index in [1.165, 1.54) is 3.57 Å². The molecule has 0 aliphatic carbocycles. The lowest BCUT2D eigenvalue weighted by molar-refractivity contribution is -0.124. The Balaban J connectivity index is 2.15. The van der Waals surface area contributed by atoms with Crippen molar-refractivity contribution in [1.29, 1.82) is 0 Å². The van der Waals surface area contributed by atoms with Gasteiger partial charge < -0.3 is 10.6 Å². The summed E-state index contributed by atoms with van der Waals surface area (Å²) in [5, 5.41) is 6.38. The van der Waals surface area contributed by atoms with Crippen molar-refractivity contribution in [2.75, 3.05) is 18.4 Å². The molecule has 98 valence electrons. The lowest BCUT2D eigenvalue weighted by atomic mass is 9.83. The monoisotopic (exact) mass is 358 g/mol. The molecule has 0 saturated carbocycles. The second kappa shape index (κ2) is 5.57. The van der Waals surface area contributed by atoms with Gasteiger partial charge in [0.1, 0.15) is 0 Å². The van der Waals surface area contributed by atoms with Crippen molar-refractivity contribution in [3.05, 3.63) is 27.3 Å². The van der Waals surface area contributed by atoms with E-state index in [0.717, 1.165) is 37.2 Å². The molecule has 1 heterocycles. The Kier molecular flexibility index (Phi) is 4.27. The SMILES string of the molecule is CCC1(C(=O)Nc2ccc(I)cc2C)CCNC1. The van der Waals surface area contributed by atoms with Crippen molar-refractivity contribution < 1.29 is 4.79 Å². The van der Waals surface area contributed by atoms with E-state index in [0.29, 0.717) is 0 Å². The Labute approximate surface area is 122 Å². The first-order chi connectivity index (χ1) is 8.57. The molecule has 3 nitrogen and oxygen atoms in total. The van der Waals surface area contributed by atoms with Crippen LogP contribution in [0.4, 0.5) is 5.69 Å². The summed E-state index contributed by atoms with van der Waals surface area (Å²) in [6, 6.07) is 6.09. The Morgan fingerprint density at radius 2 is 2.33 bits per heavy atom. The highest BCUT2D eigenvalue weighted by atomic mass is 127. The summed E-state index contributed by atoms with van der Waals surface area (Å²) in [6.07, 6.45) is 1.81. The van der Waals surface area contributed by atoms with E-state index in [9.17, 15) is 4.79 Å². The van der Waals surface area contributed by atoms with E-state index in [-0.39, 0.29) is 11.3 Å². The van der Waals surface area contributed by atoms with Crippen LogP contribution in [0.15, 0.2) is 18.2 Å². The zero-order valence-corrected chi connectivity index (χ0v) is 13.0. The van der Waals surface area contributed by atoms with Gasteiger partial charge in [0.2, 0.25) is 5.91 Å². The van der Waals surface area contributed by atoms with Crippen molar-refractivity contribution in [1.82, 2.24) is 5.32 Å². The molecule has 1 aliphatic heterocycles. The van der Waals surface area contributed by atoms with E-state index in [4.69, 9.17) is 0 Å². The molecule has 4 heteroatoms. The molecule has 1 unspecified atom stereocenters. The average molecular weight is 358 g/mol. The fourth-order valence-corrected chi connectivity index (χ4v) is 3.07. The molecular formula is C14H19IN2O. The van der Waals surface area contributed by atoms with E-state index in [1.54, 1.807) is 0 Å². The molecule has 2 rings (SSSR count). The highest BCUT2D eigenvalue weighted by Crippen LogP contribution is 2.31. The fraction of sp³-hybridized carbons (Fsp3) is 0.500. The summed E-state index contributed by atoms with van der Waals surface area (Å²) in [5.74, 6) is 0.152. The van der Waals surface area contributed by atoms with Gasteiger partial charge in [0, 0.05) is 15.8 Å². The molecule has 2 N–H and O–H groups in total. The van der Waals surface area contributed by atoms with Crippen LogP contribution in [0.5, 0.6) is 0 Å². The number of aryl methyl sites for hydroxylation is 1. The van der Waals surface area contributed by atoms with Crippen LogP contribution in [0.25, 0.3) is 0 Å². The third-order valence-corrected chi connectivity index (χ3v) is 4.51. The zero-order chi connectivity index (χ0) is 13.2. The fourth-order valence-electron chi connectivity index (χ4n) is 2.42. The first kappa shape index (κ1) is 13.8. The van der Waals surface area contributed by atoms with Crippen LogP contribution < -0.4 is 10.6 Å². The van der Waals surface area contributed by atoms with E-state index < -0.39 is 0 Å². The van der Waals surface area contributed by atoms with Crippen LogP contribution in [0.2, 0.25) is 0 Å². The molecule has 0 radical (unpaired) electrons. The first-order valence-corrected chi connectivity index (χ1v) is 7.43. The average Bonchev–Trinajstić information content (AvgIpc) is 2.82. The molecule has 18 heavy (non-hydrogen) atoms. The Morgan fingerprint density at radius 3 is 2.89 bits per heavy atom. The lowest BCUT2D eigenvalue weighted by Gasteiger charge is -2.25. The highest BCUT2D eigenvalue weighted by Gasteiger charge is 2.39. The van der Waals surface area contributed by atoms with Gasteiger partial charge in [-0.15, -0.1) is 0 Å². The van der Waals surface area contributed by atoms with Crippen LogP contribution in [0, 0.1) is 15.9 Å². The van der Waals surface area contributed by atoms with Crippen molar-refractivity contribution in [3.8, 4) is 0 Å². The Morgan fingerprint density at radius 1 is 1.56 bits per heavy atom. The summed E-state index contributed by atoms with van der Waals surface area (Å²) in [6.45, 7) is 5.85. The second-order valence-corrected chi connectivity index (χ2v) is 6.22. The topological polar surface area (TPSA) is 41.1 Å². The number of amides is 1. The van der Waals surface area contributed by atoms with Crippen molar-refractivity contribution >= 4 is 34.2 Å². The smallest absolute Gasteiger partial charge is 0.231 e. The van der Waals surface area contributed by atoms with Gasteiger partial charge in [-0.25, -0.2) is 0 Å². The molecule has 1 fully saturated rings. The van der Waals surface area contributed by atoms with Gasteiger partial charge in [-0.2, -0.15) is 0 Å². The Bertz CT molecular complexity index is 453. The van der Waals surface area contributed by atoms with Crippen molar-refractivity contribution in [2.45, 2.75) is 26.7 Å². The number of carbonyl (C=O) groups excluding carboxylic acids is 1. The second-order valence-electron chi connectivity index (χ2n) is 4.97. The molecule has 0 bridgehead atoms. The molecule has 1 aliphatic rings. The molecule has 1 aromatic rings. The minimum atomic E-state index is -0.227. The predicted octanol–water partition coefficient (Wildman–Crippen LogP) is 2.93. The van der Waals surface area contributed by atoms with Gasteiger partial charge in [-0.05, 0) is 72.7 Å². The number of rotatable bonds is 3. The van der Waals surface area contributed by atoms with Gasteiger partial charge in [-0.3, -0.25) is 4.79 Å². The zero-order valence-electron chi connectivity index (χ0n) is 10.8. The third-order valence-electron chi connectivity index (χ3n) is 3.84. The summed E-state index contributed by atoms with van der Waals surface area (Å²) in [7, 11) is 0. The molecular weight excluding hydrogens is 339 g/mol. The van der Waals surface area contributed by atoms with Crippen LogP contribution in [0.3, 0.4) is 0 Å². The van der Waals surface area contributed by atoms with Gasteiger partial charge >= 0.3 is 0 Å². The molecule has 1 amide bonds. The van der Waals surface area contributed by atoms with Crippen LogP contribution >= 0.6 is 22.6 Å². The molecule has 1 saturated heterocycles.